The number of hydrogen-bond donors (Lipinski definition) is 1. The maximum atomic E-state index is 13.7. The van der Waals surface area contributed by atoms with Crippen LogP contribution in [0.1, 0.15) is 56.2 Å². The fraction of sp³-hybridized carbons (Fsp3) is 0.481. The molecular weight excluding hydrogens is 416 g/mol. The topological polar surface area (TPSA) is 49.4 Å². The third-order valence-corrected chi connectivity index (χ3v) is 8.52. The summed E-state index contributed by atoms with van der Waals surface area (Å²) in [6.07, 6.45) is 4.60. The fourth-order valence-corrected chi connectivity index (χ4v) is 6.13. The average molecular weight is 451 g/mol. The van der Waals surface area contributed by atoms with Gasteiger partial charge in [0.25, 0.3) is 0 Å². The van der Waals surface area contributed by atoms with Crippen LogP contribution in [0, 0.1) is 25.7 Å². The zero-order valence-corrected chi connectivity index (χ0v) is 20.4. The summed E-state index contributed by atoms with van der Waals surface area (Å²) in [5, 5.41) is 2.85. The van der Waals surface area contributed by atoms with Crippen LogP contribution in [0.2, 0.25) is 0 Å². The molecule has 2 aromatic rings. The van der Waals surface area contributed by atoms with E-state index in [1.807, 2.05) is 30.0 Å². The number of hydrogen-bond acceptors (Lipinski definition) is 3. The molecule has 4 rings (SSSR count). The summed E-state index contributed by atoms with van der Waals surface area (Å²) in [6.45, 7) is 8.81. The number of amides is 2. The zero-order valence-electron chi connectivity index (χ0n) is 19.6. The molecule has 0 bridgehead atoms. The second-order valence-electron chi connectivity index (χ2n) is 9.53. The number of fused-ring (bicyclic) bond motifs is 1. The summed E-state index contributed by atoms with van der Waals surface area (Å²) < 4.78 is 0. The number of carbonyl (C=O) groups is 2. The molecule has 1 aliphatic heterocycles. The summed E-state index contributed by atoms with van der Waals surface area (Å²) in [7, 11) is 0. The van der Waals surface area contributed by atoms with E-state index in [2.05, 4.69) is 50.4 Å². The third kappa shape index (κ3) is 4.73. The molecular formula is C27H34N2O2S. The number of thioether (sulfide) groups is 1. The maximum absolute atomic E-state index is 13.7. The molecule has 32 heavy (non-hydrogen) atoms. The van der Waals surface area contributed by atoms with Crippen LogP contribution >= 0.6 is 11.8 Å². The van der Waals surface area contributed by atoms with Gasteiger partial charge in [0.2, 0.25) is 11.8 Å². The first-order valence-electron chi connectivity index (χ1n) is 11.8. The van der Waals surface area contributed by atoms with E-state index in [-0.39, 0.29) is 17.9 Å². The number of carbonyl (C=O) groups excluding carboxylic acids is 2. The van der Waals surface area contributed by atoms with Gasteiger partial charge in [-0.2, -0.15) is 0 Å². The maximum Gasteiger partial charge on any atom is 0.241 e. The summed E-state index contributed by atoms with van der Waals surface area (Å²) in [6, 6.07) is 14.6. The zero-order chi connectivity index (χ0) is 22.8. The number of para-hydroxylation sites is 1. The van der Waals surface area contributed by atoms with Gasteiger partial charge in [0, 0.05) is 10.9 Å². The Morgan fingerprint density at radius 2 is 1.91 bits per heavy atom. The predicted molar refractivity (Wildman–Crippen MR) is 132 cm³/mol. The van der Waals surface area contributed by atoms with Gasteiger partial charge >= 0.3 is 0 Å². The second kappa shape index (κ2) is 9.70. The van der Waals surface area contributed by atoms with E-state index in [0.717, 1.165) is 35.4 Å². The van der Waals surface area contributed by atoms with Crippen molar-refractivity contribution in [2.75, 3.05) is 4.90 Å². The molecule has 4 atom stereocenters. The first-order valence-corrected chi connectivity index (χ1v) is 12.7. The third-order valence-electron chi connectivity index (χ3n) is 7.06. The molecule has 4 unspecified atom stereocenters. The fourth-order valence-electron chi connectivity index (χ4n) is 4.84. The van der Waals surface area contributed by atoms with Gasteiger partial charge in [-0.05, 0) is 55.9 Å². The molecule has 170 valence electrons. The summed E-state index contributed by atoms with van der Waals surface area (Å²) >= 11 is 1.53. The molecule has 2 aliphatic rings. The number of nitrogens with one attached hydrogen (secondary N) is 1. The highest BCUT2D eigenvalue weighted by Crippen LogP contribution is 2.42. The van der Waals surface area contributed by atoms with Gasteiger partial charge < -0.3 is 10.2 Å². The molecule has 0 radical (unpaired) electrons. The van der Waals surface area contributed by atoms with Gasteiger partial charge in [-0.15, -0.1) is 11.8 Å². The SMILES string of the molecule is Cc1ccc(C)c(CN2C(=O)C(C(C)C(=O)NC3CCCCC3C)Sc3ccccc32)c1. The molecule has 2 aromatic carbocycles. The molecule has 1 heterocycles. The molecule has 0 saturated heterocycles. The van der Waals surface area contributed by atoms with Crippen molar-refractivity contribution in [3.05, 3.63) is 59.2 Å². The molecule has 0 spiro atoms. The normalized spacial score (nSPS) is 24.1. The molecule has 1 fully saturated rings. The van der Waals surface area contributed by atoms with Crippen LogP contribution in [-0.2, 0) is 16.1 Å². The van der Waals surface area contributed by atoms with Crippen molar-refractivity contribution in [2.24, 2.45) is 11.8 Å². The predicted octanol–water partition coefficient (Wildman–Crippen LogP) is 5.64. The van der Waals surface area contributed by atoms with Crippen molar-refractivity contribution in [2.45, 2.75) is 76.1 Å². The van der Waals surface area contributed by atoms with Crippen LogP contribution < -0.4 is 10.2 Å². The Morgan fingerprint density at radius 1 is 1.16 bits per heavy atom. The van der Waals surface area contributed by atoms with Gasteiger partial charge in [-0.25, -0.2) is 0 Å². The van der Waals surface area contributed by atoms with Crippen molar-refractivity contribution < 1.29 is 9.59 Å². The highest BCUT2D eigenvalue weighted by Gasteiger charge is 2.40. The van der Waals surface area contributed by atoms with Gasteiger partial charge in [-0.1, -0.05) is 62.6 Å². The van der Waals surface area contributed by atoms with E-state index in [0.29, 0.717) is 12.5 Å². The quantitative estimate of drug-likeness (QED) is 0.641. The summed E-state index contributed by atoms with van der Waals surface area (Å²) in [5.41, 5.74) is 4.44. The lowest BCUT2D eigenvalue weighted by atomic mass is 9.85. The minimum absolute atomic E-state index is 0.000618. The van der Waals surface area contributed by atoms with E-state index in [4.69, 9.17) is 0 Å². The Hall–Kier alpha value is -2.27. The molecule has 1 aliphatic carbocycles. The Morgan fingerprint density at radius 3 is 2.69 bits per heavy atom. The van der Waals surface area contributed by atoms with Gasteiger partial charge in [0.15, 0.2) is 0 Å². The molecule has 2 amide bonds. The lowest BCUT2D eigenvalue weighted by Crippen LogP contribution is -2.50. The smallest absolute Gasteiger partial charge is 0.241 e. The van der Waals surface area contributed by atoms with Gasteiger partial charge in [0.1, 0.15) is 5.25 Å². The van der Waals surface area contributed by atoms with E-state index in [1.54, 1.807) is 0 Å². The van der Waals surface area contributed by atoms with Crippen LogP contribution in [0.5, 0.6) is 0 Å². The largest absolute Gasteiger partial charge is 0.353 e. The molecule has 0 aromatic heterocycles. The van der Waals surface area contributed by atoms with Crippen molar-refractivity contribution in [3.63, 3.8) is 0 Å². The summed E-state index contributed by atoms with van der Waals surface area (Å²) in [5.74, 6) is 0.127. The van der Waals surface area contributed by atoms with Crippen LogP contribution in [0.15, 0.2) is 47.4 Å². The minimum Gasteiger partial charge on any atom is -0.353 e. The van der Waals surface area contributed by atoms with Crippen LogP contribution in [-0.4, -0.2) is 23.1 Å². The van der Waals surface area contributed by atoms with Crippen molar-refractivity contribution >= 4 is 29.3 Å². The Bertz CT molecular complexity index is 1000. The Balaban J connectivity index is 1.58. The minimum atomic E-state index is -0.422. The highest BCUT2D eigenvalue weighted by atomic mass is 32.2. The molecule has 1 saturated carbocycles. The van der Waals surface area contributed by atoms with Gasteiger partial charge in [-0.3, -0.25) is 9.59 Å². The van der Waals surface area contributed by atoms with Crippen LogP contribution in [0.3, 0.4) is 0 Å². The van der Waals surface area contributed by atoms with Crippen LogP contribution in [0.25, 0.3) is 0 Å². The average Bonchev–Trinajstić information content (AvgIpc) is 2.78. The van der Waals surface area contributed by atoms with E-state index < -0.39 is 11.2 Å². The van der Waals surface area contributed by atoms with Crippen molar-refractivity contribution in [1.82, 2.24) is 5.32 Å². The second-order valence-corrected chi connectivity index (χ2v) is 10.7. The molecule has 1 N–H and O–H groups in total. The molecule has 5 heteroatoms. The van der Waals surface area contributed by atoms with E-state index >= 15 is 0 Å². The number of aryl methyl sites for hydroxylation is 2. The number of benzene rings is 2. The molecule has 4 nitrogen and oxygen atoms in total. The Labute approximate surface area is 196 Å². The van der Waals surface area contributed by atoms with Crippen LogP contribution in [0.4, 0.5) is 5.69 Å². The first kappa shape index (κ1) is 22.9. The standard InChI is InChI=1S/C27H34N2O2S/c1-17-13-14-18(2)21(15-17)16-29-23-11-7-8-12-24(23)32-25(27(29)31)20(4)26(30)28-22-10-6-5-9-19(22)3/h7-8,11-15,19-20,22,25H,5-6,9-10,16H2,1-4H3,(H,28,30). The van der Waals surface area contributed by atoms with Crippen molar-refractivity contribution in [3.8, 4) is 0 Å². The monoisotopic (exact) mass is 450 g/mol. The lowest BCUT2D eigenvalue weighted by Gasteiger charge is -2.37. The Kier molecular flexibility index (Phi) is 6.94. The summed E-state index contributed by atoms with van der Waals surface area (Å²) in [4.78, 5) is 29.8. The van der Waals surface area contributed by atoms with Gasteiger partial charge in [0.05, 0.1) is 18.2 Å². The first-order chi connectivity index (χ1) is 15.3. The highest BCUT2D eigenvalue weighted by molar-refractivity contribution is 8.01. The van der Waals surface area contributed by atoms with E-state index in [1.165, 1.54) is 29.3 Å². The van der Waals surface area contributed by atoms with E-state index in [9.17, 15) is 9.59 Å². The lowest BCUT2D eigenvalue weighted by molar-refractivity contribution is -0.129. The number of anilines is 1. The number of nitrogens with zero attached hydrogens (tertiary/aromatic N) is 1. The van der Waals surface area contributed by atoms with Crippen molar-refractivity contribution in [1.29, 1.82) is 0 Å². The number of rotatable bonds is 5.